The van der Waals surface area contributed by atoms with E-state index in [0.29, 0.717) is 32.1 Å². The van der Waals surface area contributed by atoms with Crippen LogP contribution in [-0.4, -0.2) is 96.7 Å². The molecule has 3 N–H and O–H groups in total. The van der Waals surface area contributed by atoms with Crippen molar-refractivity contribution in [3.05, 3.63) is 122 Å². The smallest absolute Gasteiger partial charge is 0.462 e. The van der Waals surface area contributed by atoms with Crippen molar-refractivity contribution in [2.45, 2.75) is 329 Å². The molecule has 5 atom stereocenters. The van der Waals surface area contributed by atoms with Crippen molar-refractivity contribution >= 4 is 39.5 Å². The molecule has 0 saturated heterocycles. The molecule has 0 fully saturated rings. The summed E-state index contributed by atoms with van der Waals surface area (Å²) in [5.74, 6) is -2.30. The fraction of sp³-hybridized carbons (Fsp3) is 0.704. The number of phosphoric ester groups is 2. The van der Waals surface area contributed by atoms with E-state index in [1.807, 2.05) is 18.2 Å². The molecule has 0 aromatic carbocycles. The van der Waals surface area contributed by atoms with Crippen LogP contribution in [0.5, 0.6) is 0 Å². The summed E-state index contributed by atoms with van der Waals surface area (Å²) in [7, 11) is -9.98. The SMILES string of the molecule is CC/C=C\C/C=C\C/C=C\C/C=C\C/C=C\C/C=C\CCC(=O)OC[C@H](COP(=O)(O)OC[C@@H](O)COP(=O)(O)OC[C@@H](COC(=O)CCCCCCC/C=C\CCCCCC)OC(=O)CCCCCCC/C=C\C/C=C\CCCCC)OC(=O)CCCCCCC/C=C\CCCCCC. The molecule has 2 unspecified atom stereocenters. The maximum Gasteiger partial charge on any atom is 0.472 e. The van der Waals surface area contributed by atoms with Gasteiger partial charge in [0.05, 0.1) is 26.4 Å². The summed E-state index contributed by atoms with van der Waals surface area (Å²) in [4.78, 5) is 72.8. The average molecular weight is 1450 g/mol. The summed E-state index contributed by atoms with van der Waals surface area (Å²) in [5, 5.41) is 10.6. The van der Waals surface area contributed by atoms with Gasteiger partial charge in [-0.3, -0.25) is 37.3 Å². The lowest BCUT2D eigenvalue weighted by Gasteiger charge is -2.21. The molecular weight excluding hydrogens is 1310 g/mol. The van der Waals surface area contributed by atoms with E-state index >= 15 is 0 Å². The number of allylic oxidation sites excluding steroid dienone is 20. The highest BCUT2D eigenvalue weighted by atomic mass is 31.2. The monoisotopic (exact) mass is 1440 g/mol. The van der Waals surface area contributed by atoms with Crippen LogP contribution in [0.2, 0.25) is 0 Å². The number of unbranched alkanes of at least 4 members (excludes halogenated alkanes) is 26. The molecule has 0 amide bonds. The molecule has 0 aliphatic rings. The maximum absolute atomic E-state index is 13.1. The molecule has 0 radical (unpaired) electrons. The summed E-state index contributed by atoms with van der Waals surface area (Å²) in [6.07, 6.45) is 79.1. The molecule has 100 heavy (non-hydrogen) atoms. The lowest BCUT2D eigenvalue weighted by Crippen LogP contribution is -2.30. The minimum absolute atomic E-state index is 0.0326. The molecule has 0 rings (SSSR count). The maximum atomic E-state index is 13.1. The van der Waals surface area contributed by atoms with E-state index in [0.717, 1.165) is 154 Å². The quantitative estimate of drug-likeness (QED) is 0.0169. The number of aliphatic hydroxyl groups excluding tert-OH is 1. The predicted molar refractivity (Wildman–Crippen MR) is 408 cm³/mol. The van der Waals surface area contributed by atoms with Gasteiger partial charge in [-0.1, -0.05) is 258 Å². The first-order chi connectivity index (χ1) is 48.7. The third-order valence-electron chi connectivity index (χ3n) is 15.9. The number of carbonyl (C=O) groups is 4. The molecule has 0 heterocycles. The van der Waals surface area contributed by atoms with Crippen LogP contribution in [0.3, 0.4) is 0 Å². The number of aliphatic hydroxyl groups is 1. The van der Waals surface area contributed by atoms with Crippen LogP contribution in [-0.2, 0) is 65.4 Å². The van der Waals surface area contributed by atoms with Gasteiger partial charge in [-0.2, -0.15) is 0 Å². The average Bonchev–Trinajstić information content (AvgIpc) is 0.924. The number of esters is 4. The Balaban J connectivity index is 5.42. The topological polar surface area (TPSA) is 237 Å². The number of carbonyl (C=O) groups excluding carboxylic acids is 4. The van der Waals surface area contributed by atoms with Gasteiger partial charge >= 0.3 is 39.5 Å². The third-order valence-corrected chi connectivity index (χ3v) is 17.8. The Bertz CT molecular complexity index is 2370. The van der Waals surface area contributed by atoms with Crippen molar-refractivity contribution in [3.8, 4) is 0 Å². The zero-order chi connectivity index (χ0) is 73.2. The van der Waals surface area contributed by atoms with Crippen molar-refractivity contribution in [1.82, 2.24) is 0 Å². The van der Waals surface area contributed by atoms with Gasteiger partial charge in [0.15, 0.2) is 12.2 Å². The highest BCUT2D eigenvalue weighted by molar-refractivity contribution is 7.47. The highest BCUT2D eigenvalue weighted by Gasteiger charge is 2.30. The summed E-state index contributed by atoms with van der Waals surface area (Å²) in [6.45, 7) is 4.59. The minimum Gasteiger partial charge on any atom is -0.462 e. The van der Waals surface area contributed by atoms with Crippen LogP contribution in [0, 0.1) is 0 Å². The van der Waals surface area contributed by atoms with E-state index in [2.05, 4.69) is 131 Å². The highest BCUT2D eigenvalue weighted by Crippen LogP contribution is 2.45. The van der Waals surface area contributed by atoms with Crippen LogP contribution in [0.1, 0.15) is 310 Å². The second kappa shape index (κ2) is 72.8. The van der Waals surface area contributed by atoms with Gasteiger partial charge in [0, 0.05) is 25.7 Å². The van der Waals surface area contributed by atoms with Crippen LogP contribution >= 0.6 is 15.6 Å². The van der Waals surface area contributed by atoms with Crippen LogP contribution < -0.4 is 0 Å². The van der Waals surface area contributed by atoms with Gasteiger partial charge in [0.2, 0.25) is 0 Å². The second-order valence-corrected chi connectivity index (χ2v) is 28.5. The Morgan fingerprint density at radius 3 is 0.890 bits per heavy atom. The first-order valence-electron chi connectivity index (χ1n) is 38.8. The van der Waals surface area contributed by atoms with Crippen LogP contribution in [0.4, 0.5) is 0 Å². The number of hydrogen-bond acceptors (Lipinski definition) is 15. The Kier molecular flexibility index (Phi) is 69.5. The molecule has 0 bridgehead atoms. The normalized spacial score (nSPS) is 14.6. The predicted octanol–water partition coefficient (Wildman–Crippen LogP) is 22.3. The largest absolute Gasteiger partial charge is 0.472 e. The van der Waals surface area contributed by atoms with Crippen LogP contribution in [0.25, 0.3) is 0 Å². The molecule has 19 heteroatoms. The van der Waals surface area contributed by atoms with E-state index in [1.165, 1.54) is 70.6 Å². The second-order valence-electron chi connectivity index (χ2n) is 25.6. The van der Waals surface area contributed by atoms with Crippen LogP contribution in [0.15, 0.2) is 122 Å². The standard InChI is InChI=1S/C81H138O17P2/c1-5-9-13-17-21-25-29-33-35-36-37-38-40-43-46-50-54-58-62-66-79(84)92-72-76(97-80(85)67-63-59-55-51-47-42-32-28-24-20-16-12-8-4)73-95-99(87,88)93-69-75(82)70-94-100(89,90)96-74-77(71-91-78(83)65-61-57-53-49-45-41-31-27-23-19-15-11-7-3)98-81(86)68-64-60-56-52-48-44-39-34-30-26-22-18-14-10-6-2/h9,13,21-22,25-28,31-35,37-39,43,46,54,58,75-77,82H,5-8,10-12,14-20,23-24,29-30,36,40-42,44-45,47-53,55-57,59-74H2,1-4H3,(H,87,88)(H,89,90)/b13-9-,25-21-,26-22-,31-27-,32-28-,35-33-,38-37-,39-34-,46-43-,58-54-/t75-,76-,77-/m1/s1. The molecule has 0 saturated carbocycles. The number of hydrogen-bond donors (Lipinski definition) is 3. The zero-order valence-corrected chi connectivity index (χ0v) is 64.4. The molecule has 0 aromatic heterocycles. The van der Waals surface area contributed by atoms with Gasteiger partial charge in [-0.15, -0.1) is 0 Å². The van der Waals surface area contributed by atoms with Crippen molar-refractivity contribution in [2.75, 3.05) is 39.6 Å². The Hall–Kier alpha value is -4.54. The first kappa shape index (κ1) is 95.5. The Labute approximate surface area is 606 Å². The summed E-state index contributed by atoms with van der Waals surface area (Å²) in [5.41, 5.74) is 0. The summed E-state index contributed by atoms with van der Waals surface area (Å²) < 4.78 is 68.4. The molecule has 0 aromatic rings. The van der Waals surface area contributed by atoms with Crippen molar-refractivity contribution in [1.29, 1.82) is 0 Å². The minimum atomic E-state index is -4.99. The van der Waals surface area contributed by atoms with E-state index in [-0.39, 0.29) is 25.7 Å². The lowest BCUT2D eigenvalue weighted by atomic mass is 10.1. The fourth-order valence-corrected chi connectivity index (χ4v) is 11.5. The Morgan fingerprint density at radius 2 is 0.540 bits per heavy atom. The molecule has 17 nitrogen and oxygen atoms in total. The zero-order valence-electron chi connectivity index (χ0n) is 62.6. The van der Waals surface area contributed by atoms with Gasteiger partial charge in [0.1, 0.15) is 19.3 Å². The van der Waals surface area contributed by atoms with E-state index in [4.69, 9.17) is 37.0 Å². The van der Waals surface area contributed by atoms with Crippen molar-refractivity contribution < 1.29 is 80.2 Å². The molecule has 0 aliphatic heterocycles. The third kappa shape index (κ3) is 71.8. The number of phosphoric acid groups is 2. The van der Waals surface area contributed by atoms with Crippen molar-refractivity contribution in [2.24, 2.45) is 0 Å². The van der Waals surface area contributed by atoms with E-state index in [9.17, 15) is 43.2 Å². The number of rotatable bonds is 72. The van der Waals surface area contributed by atoms with Gasteiger partial charge in [-0.05, 0) is 148 Å². The molecular formula is C81H138O17P2. The number of ether oxygens (including phenoxy) is 4. The molecule has 0 spiro atoms. The Morgan fingerprint density at radius 1 is 0.290 bits per heavy atom. The fourth-order valence-electron chi connectivity index (χ4n) is 9.97. The van der Waals surface area contributed by atoms with Crippen molar-refractivity contribution in [3.63, 3.8) is 0 Å². The lowest BCUT2D eigenvalue weighted by molar-refractivity contribution is -0.161. The van der Waals surface area contributed by atoms with E-state index in [1.54, 1.807) is 0 Å². The van der Waals surface area contributed by atoms with E-state index < -0.39 is 97.5 Å². The molecule has 574 valence electrons. The van der Waals surface area contributed by atoms with Gasteiger partial charge in [-0.25, -0.2) is 9.13 Å². The van der Waals surface area contributed by atoms with Gasteiger partial charge in [0.25, 0.3) is 0 Å². The first-order valence-corrected chi connectivity index (χ1v) is 41.8. The molecule has 0 aliphatic carbocycles. The van der Waals surface area contributed by atoms with Gasteiger partial charge < -0.3 is 33.8 Å². The summed E-state index contributed by atoms with van der Waals surface area (Å²) >= 11 is 0. The summed E-state index contributed by atoms with van der Waals surface area (Å²) in [6, 6.07) is 0.